The number of benzene rings is 1. The standard InChI is InChI=1S/C14H17O5/c1-14(2,19-10-15)8-13(16)18-9-11-4-6-12(17-3)7-5-11/h4-7H,8-9H2,1-3H3. The van der Waals surface area contributed by atoms with Gasteiger partial charge in [-0.25, -0.2) is 4.79 Å². The molecule has 0 spiro atoms. The molecule has 5 heteroatoms. The SMILES string of the molecule is COc1ccc(COC(=O)CC(C)(C)O[C]=O)cc1. The number of esters is 1. The summed E-state index contributed by atoms with van der Waals surface area (Å²) in [5.74, 6) is 0.308. The smallest absolute Gasteiger partial charge is 0.418 e. The molecule has 0 aromatic heterocycles. The van der Waals surface area contributed by atoms with E-state index in [2.05, 4.69) is 4.74 Å². The van der Waals surface area contributed by atoms with Crippen LogP contribution in [0, 0.1) is 0 Å². The van der Waals surface area contributed by atoms with Crippen LogP contribution < -0.4 is 4.74 Å². The third kappa shape index (κ3) is 5.42. The van der Waals surface area contributed by atoms with E-state index in [-0.39, 0.29) is 13.0 Å². The summed E-state index contributed by atoms with van der Waals surface area (Å²) in [6.07, 6.45) is -0.0155. The summed E-state index contributed by atoms with van der Waals surface area (Å²) in [5, 5.41) is 0. The van der Waals surface area contributed by atoms with Gasteiger partial charge in [-0.15, -0.1) is 0 Å². The number of hydrogen-bond donors (Lipinski definition) is 0. The Balaban J connectivity index is 2.43. The van der Waals surface area contributed by atoms with E-state index in [0.29, 0.717) is 0 Å². The molecular weight excluding hydrogens is 248 g/mol. The van der Waals surface area contributed by atoms with E-state index in [1.165, 1.54) is 6.47 Å². The van der Waals surface area contributed by atoms with Gasteiger partial charge in [-0.3, -0.25) is 4.79 Å². The predicted molar refractivity (Wildman–Crippen MR) is 68.3 cm³/mol. The molecule has 1 aromatic carbocycles. The average Bonchev–Trinajstić information content (AvgIpc) is 2.36. The number of carbonyl (C=O) groups is 1. The van der Waals surface area contributed by atoms with Crippen LogP contribution in [-0.2, 0) is 25.7 Å². The third-order valence-corrected chi connectivity index (χ3v) is 2.45. The van der Waals surface area contributed by atoms with Gasteiger partial charge < -0.3 is 14.2 Å². The monoisotopic (exact) mass is 265 g/mol. The summed E-state index contributed by atoms with van der Waals surface area (Å²) in [5.41, 5.74) is -0.0477. The van der Waals surface area contributed by atoms with E-state index in [9.17, 15) is 9.59 Å². The van der Waals surface area contributed by atoms with E-state index in [1.807, 2.05) is 12.1 Å². The van der Waals surface area contributed by atoms with Gasteiger partial charge in [0.2, 0.25) is 0 Å². The lowest BCUT2D eigenvalue weighted by atomic mass is 10.1. The summed E-state index contributed by atoms with van der Waals surface area (Å²) in [4.78, 5) is 21.7. The Morgan fingerprint density at radius 3 is 2.42 bits per heavy atom. The van der Waals surface area contributed by atoms with Gasteiger partial charge in [0.05, 0.1) is 13.5 Å². The topological polar surface area (TPSA) is 61.8 Å². The predicted octanol–water partition coefficient (Wildman–Crippen LogP) is 1.99. The van der Waals surface area contributed by atoms with Crippen LogP contribution in [0.15, 0.2) is 24.3 Å². The summed E-state index contributed by atoms with van der Waals surface area (Å²) < 4.78 is 14.8. The van der Waals surface area contributed by atoms with Crippen molar-refractivity contribution in [1.29, 1.82) is 0 Å². The zero-order valence-corrected chi connectivity index (χ0v) is 11.3. The average molecular weight is 265 g/mol. The summed E-state index contributed by atoms with van der Waals surface area (Å²) in [7, 11) is 1.58. The highest BCUT2D eigenvalue weighted by atomic mass is 16.6. The van der Waals surface area contributed by atoms with Crippen LogP contribution in [0.5, 0.6) is 5.75 Å². The minimum atomic E-state index is -0.904. The highest BCUT2D eigenvalue weighted by molar-refractivity contribution is 5.70. The highest BCUT2D eigenvalue weighted by Crippen LogP contribution is 2.16. The molecule has 0 aliphatic rings. The molecule has 5 nitrogen and oxygen atoms in total. The van der Waals surface area contributed by atoms with Gasteiger partial charge in [-0.05, 0) is 31.5 Å². The Kier molecular flexibility index (Phi) is 5.36. The van der Waals surface area contributed by atoms with Crippen molar-refractivity contribution >= 4 is 12.4 Å². The van der Waals surface area contributed by atoms with Crippen LogP contribution in [0.25, 0.3) is 0 Å². The van der Waals surface area contributed by atoms with Gasteiger partial charge in [0, 0.05) is 0 Å². The maximum Gasteiger partial charge on any atom is 0.418 e. The fraction of sp³-hybridized carbons (Fsp3) is 0.429. The Morgan fingerprint density at radius 2 is 1.89 bits per heavy atom. The number of rotatable bonds is 7. The van der Waals surface area contributed by atoms with E-state index in [1.54, 1.807) is 33.1 Å². The first-order chi connectivity index (χ1) is 8.96. The van der Waals surface area contributed by atoms with Gasteiger partial charge in [-0.1, -0.05) is 12.1 Å². The van der Waals surface area contributed by atoms with Crippen molar-refractivity contribution in [1.82, 2.24) is 0 Å². The minimum Gasteiger partial charge on any atom is -0.497 e. The quantitative estimate of drug-likeness (QED) is 0.705. The highest BCUT2D eigenvalue weighted by Gasteiger charge is 2.24. The van der Waals surface area contributed by atoms with Crippen molar-refractivity contribution in [2.45, 2.75) is 32.5 Å². The molecule has 0 N–H and O–H groups in total. The molecule has 0 saturated heterocycles. The zero-order valence-electron chi connectivity index (χ0n) is 11.3. The first-order valence-corrected chi connectivity index (χ1v) is 5.80. The molecule has 1 aromatic rings. The molecule has 0 aliphatic carbocycles. The van der Waals surface area contributed by atoms with Gasteiger partial charge in [0.15, 0.2) is 0 Å². The lowest BCUT2D eigenvalue weighted by Crippen LogP contribution is -2.28. The largest absolute Gasteiger partial charge is 0.497 e. The minimum absolute atomic E-state index is 0.0155. The van der Waals surface area contributed by atoms with Crippen molar-refractivity contribution < 1.29 is 23.8 Å². The lowest BCUT2D eigenvalue weighted by Gasteiger charge is -2.20. The Labute approximate surface area is 112 Å². The van der Waals surface area contributed by atoms with Crippen molar-refractivity contribution in [3.8, 4) is 5.75 Å². The lowest BCUT2D eigenvalue weighted by molar-refractivity contribution is -0.148. The molecule has 103 valence electrons. The first kappa shape index (κ1) is 15.0. The van der Waals surface area contributed by atoms with Crippen LogP contribution in [-0.4, -0.2) is 25.2 Å². The number of carbonyl (C=O) groups excluding carboxylic acids is 2. The maximum atomic E-state index is 11.6. The molecule has 0 fully saturated rings. The number of ether oxygens (including phenoxy) is 3. The summed E-state index contributed by atoms with van der Waals surface area (Å²) in [6, 6.07) is 7.20. The molecule has 0 heterocycles. The Hall–Kier alpha value is -2.04. The number of methoxy groups -OCH3 is 1. The molecule has 0 bridgehead atoms. The van der Waals surface area contributed by atoms with Crippen LogP contribution >= 0.6 is 0 Å². The maximum absolute atomic E-state index is 11.6. The molecular formula is C14H17O5. The molecule has 0 aliphatic heterocycles. The zero-order chi connectivity index (χ0) is 14.3. The summed E-state index contributed by atoms with van der Waals surface area (Å²) >= 11 is 0. The van der Waals surface area contributed by atoms with E-state index in [0.717, 1.165) is 11.3 Å². The van der Waals surface area contributed by atoms with Crippen LogP contribution in [0.1, 0.15) is 25.8 Å². The van der Waals surface area contributed by atoms with Crippen molar-refractivity contribution in [3.05, 3.63) is 29.8 Å². The second kappa shape index (κ2) is 6.78. The van der Waals surface area contributed by atoms with Crippen LogP contribution in [0.3, 0.4) is 0 Å². The van der Waals surface area contributed by atoms with E-state index in [4.69, 9.17) is 9.47 Å². The molecule has 1 rings (SSSR count). The van der Waals surface area contributed by atoms with Gasteiger partial charge >= 0.3 is 12.4 Å². The Morgan fingerprint density at radius 1 is 1.26 bits per heavy atom. The van der Waals surface area contributed by atoms with E-state index < -0.39 is 11.6 Å². The van der Waals surface area contributed by atoms with Crippen molar-refractivity contribution in [2.24, 2.45) is 0 Å². The molecule has 1 radical (unpaired) electrons. The Bertz CT molecular complexity index is 422. The second-order valence-corrected chi connectivity index (χ2v) is 4.63. The third-order valence-electron chi connectivity index (χ3n) is 2.45. The van der Waals surface area contributed by atoms with Crippen LogP contribution in [0.2, 0.25) is 0 Å². The molecule has 19 heavy (non-hydrogen) atoms. The fourth-order valence-corrected chi connectivity index (χ4v) is 1.43. The van der Waals surface area contributed by atoms with Gasteiger partial charge in [0.1, 0.15) is 18.0 Å². The molecule has 0 atom stereocenters. The van der Waals surface area contributed by atoms with Crippen molar-refractivity contribution in [3.63, 3.8) is 0 Å². The van der Waals surface area contributed by atoms with Crippen molar-refractivity contribution in [2.75, 3.05) is 7.11 Å². The summed E-state index contributed by atoms with van der Waals surface area (Å²) in [6.45, 7) is 4.73. The fourth-order valence-electron chi connectivity index (χ4n) is 1.43. The number of hydrogen-bond acceptors (Lipinski definition) is 5. The van der Waals surface area contributed by atoms with Gasteiger partial charge in [-0.2, -0.15) is 0 Å². The molecule has 0 unspecified atom stereocenters. The first-order valence-electron chi connectivity index (χ1n) is 5.80. The molecule has 0 saturated carbocycles. The second-order valence-electron chi connectivity index (χ2n) is 4.63. The normalized spacial score (nSPS) is 10.7. The van der Waals surface area contributed by atoms with Crippen LogP contribution in [0.4, 0.5) is 0 Å². The van der Waals surface area contributed by atoms with Gasteiger partial charge in [0.25, 0.3) is 0 Å². The van der Waals surface area contributed by atoms with E-state index >= 15 is 0 Å². The molecule has 0 amide bonds.